The lowest BCUT2D eigenvalue weighted by Gasteiger charge is -2.28. The molecule has 1 aromatic heterocycles. The number of ether oxygens (including phenoxy) is 1. The topological polar surface area (TPSA) is 58.8 Å². The van der Waals surface area contributed by atoms with E-state index in [1.54, 1.807) is 13.4 Å². The number of nitrogens with one attached hydrogen (secondary N) is 2. The van der Waals surface area contributed by atoms with Gasteiger partial charge in [-0.2, -0.15) is 0 Å². The summed E-state index contributed by atoms with van der Waals surface area (Å²) in [4.78, 5) is 4.66. The van der Waals surface area contributed by atoms with Crippen molar-refractivity contribution in [1.82, 2.24) is 10.6 Å². The lowest BCUT2D eigenvalue weighted by molar-refractivity contribution is 0.0241. The molecule has 5 nitrogen and oxygen atoms in total. The zero-order valence-electron chi connectivity index (χ0n) is 15.0. The van der Waals surface area contributed by atoms with Gasteiger partial charge in [0.25, 0.3) is 0 Å². The Bertz CT molecular complexity index is 428. The Morgan fingerprint density at radius 2 is 2.00 bits per heavy atom. The molecule has 0 radical (unpaired) electrons. The van der Waals surface area contributed by atoms with Crippen LogP contribution in [0.25, 0.3) is 0 Å². The molecule has 1 unspecified atom stereocenters. The maximum atomic E-state index is 5.56. The van der Waals surface area contributed by atoms with Crippen LogP contribution in [0, 0.1) is 5.41 Å². The highest BCUT2D eigenvalue weighted by atomic mass is 127. The SMILES string of the molecule is CCCNC(=NCC(OC)C(C)(C)C)NCCc1ccco1.I. The molecule has 0 bridgehead atoms. The standard InChI is InChI=1S/C17H31N3O2.HI/c1-6-10-18-16(19-11-9-14-8-7-12-22-14)20-13-15(21-5)17(2,3)4;/h7-8,12,15H,6,9-11,13H2,1-5H3,(H2,18,19,20);1H. The van der Waals surface area contributed by atoms with Crippen molar-refractivity contribution in [2.45, 2.75) is 46.6 Å². The summed E-state index contributed by atoms with van der Waals surface area (Å²) in [6.45, 7) is 11.0. The summed E-state index contributed by atoms with van der Waals surface area (Å²) in [6, 6.07) is 3.89. The second kappa shape index (κ2) is 11.7. The third kappa shape index (κ3) is 9.20. The van der Waals surface area contributed by atoms with Crippen LogP contribution < -0.4 is 10.6 Å². The Hall–Kier alpha value is -0.760. The Morgan fingerprint density at radius 3 is 2.52 bits per heavy atom. The second-order valence-electron chi connectivity index (χ2n) is 6.46. The van der Waals surface area contributed by atoms with Gasteiger partial charge in [0.05, 0.1) is 18.9 Å². The van der Waals surface area contributed by atoms with E-state index in [1.165, 1.54) is 0 Å². The minimum Gasteiger partial charge on any atom is -0.469 e. The molecule has 0 aliphatic rings. The lowest BCUT2D eigenvalue weighted by Crippen LogP contribution is -2.40. The van der Waals surface area contributed by atoms with Crippen LogP contribution in [0.15, 0.2) is 27.8 Å². The van der Waals surface area contributed by atoms with Crippen molar-refractivity contribution in [1.29, 1.82) is 0 Å². The van der Waals surface area contributed by atoms with Crippen LogP contribution in [0.3, 0.4) is 0 Å². The molecule has 0 saturated heterocycles. The first kappa shape index (κ1) is 22.2. The molecular weight excluding hydrogens is 405 g/mol. The van der Waals surface area contributed by atoms with Crippen molar-refractivity contribution in [3.63, 3.8) is 0 Å². The van der Waals surface area contributed by atoms with Crippen molar-refractivity contribution < 1.29 is 9.15 Å². The van der Waals surface area contributed by atoms with E-state index < -0.39 is 0 Å². The number of halogens is 1. The van der Waals surface area contributed by atoms with E-state index >= 15 is 0 Å². The van der Waals surface area contributed by atoms with Crippen molar-refractivity contribution in [3.05, 3.63) is 24.2 Å². The first-order valence-electron chi connectivity index (χ1n) is 8.04. The average Bonchev–Trinajstić information content (AvgIpc) is 2.96. The number of furan rings is 1. The molecule has 0 spiro atoms. The first-order valence-corrected chi connectivity index (χ1v) is 8.04. The molecule has 134 valence electrons. The summed E-state index contributed by atoms with van der Waals surface area (Å²) < 4.78 is 10.9. The van der Waals surface area contributed by atoms with Gasteiger partial charge in [-0.1, -0.05) is 27.7 Å². The molecular formula is C17H32IN3O2. The average molecular weight is 437 g/mol. The number of methoxy groups -OCH3 is 1. The number of hydrogen-bond donors (Lipinski definition) is 2. The largest absolute Gasteiger partial charge is 0.469 e. The fourth-order valence-electron chi connectivity index (χ4n) is 2.05. The van der Waals surface area contributed by atoms with Gasteiger partial charge in [0, 0.05) is 26.6 Å². The summed E-state index contributed by atoms with van der Waals surface area (Å²) in [5.41, 5.74) is 0.0717. The van der Waals surface area contributed by atoms with E-state index in [0.717, 1.165) is 37.7 Å². The number of guanidine groups is 1. The fraction of sp³-hybridized carbons (Fsp3) is 0.706. The maximum Gasteiger partial charge on any atom is 0.191 e. The minimum atomic E-state index is 0. The predicted octanol–water partition coefficient (Wildman–Crippen LogP) is 3.45. The molecule has 0 amide bonds. The van der Waals surface area contributed by atoms with Gasteiger partial charge in [-0.3, -0.25) is 4.99 Å². The Balaban J connectivity index is 0.00000484. The molecule has 0 fully saturated rings. The van der Waals surface area contributed by atoms with E-state index in [1.807, 2.05) is 12.1 Å². The van der Waals surface area contributed by atoms with Crippen LogP contribution in [0.2, 0.25) is 0 Å². The molecule has 1 rings (SSSR count). The van der Waals surface area contributed by atoms with E-state index in [0.29, 0.717) is 6.54 Å². The number of nitrogens with zero attached hydrogens (tertiary/aromatic N) is 1. The van der Waals surface area contributed by atoms with Crippen LogP contribution in [0.4, 0.5) is 0 Å². The summed E-state index contributed by atoms with van der Waals surface area (Å²) in [7, 11) is 1.74. The molecule has 23 heavy (non-hydrogen) atoms. The van der Waals surface area contributed by atoms with E-state index in [4.69, 9.17) is 9.15 Å². The summed E-state index contributed by atoms with van der Waals surface area (Å²) in [6.07, 6.45) is 3.70. The van der Waals surface area contributed by atoms with Gasteiger partial charge in [-0.05, 0) is 24.0 Å². The molecule has 0 aliphatic heterocycles. The normalized spacial score (nSPS) is 13.3. The van der Waals surface area contributed by atoms with Crippen molar-refractivity contribution in [2.24, 2.45) is 10.4 Å². The molecule has 1 heterocycles. The van der Waals surface area contributed by atoms with Gasteiger partial charge in [-0.15, -0.1) is 24.0 Å². The zero-order valence-corrected chi connectivity index (χ0v) is 17.3. The van der Waals surface area contributed by atoms with Crippen molar-refractivity contribution in [3.8, 4) is 0 Å². The van der Waals surface area contributed by atoms with E-state index in [-0.39, 0.29) is 35.5 Å². The summed E-state index contributed by atoms with van der Waals surface area (Å²) >= 11 is 0. The monoisotopic (exact) mass is 437 g/mol. The predicted molar refractivity (Wildman–Crippen MR) is 107 cm³/mol. The Kier molecular flexibility index (Phi) is 11.3. The second-order valence-corrected chi connectivity index (χ2v) is 6.46. The Morgan fingerprint density at radius 1 is 1.30 bits per heavy atom. The van der Waals surface area contributed by atoms with Crippen molar-refractivity contribution >= 4 is 29.9 Å². The molecule has 6 heteroatoms. The highest BCUT2D eigenvalue weighted by Gasteiger charge is 2.24. The number of aliphatic imine (C=N–C) groups is 1. The highest BCUT2D eigenvalue weighted by molar-refractivity contribution is 14.0. The summed E-state index contributed by atoms with van der Waals surface area (Å²) in [5, 5.41) is 6.68. The highest BCUT2D eigenvalue weighted by Crippen LogP contribution is 2.21. The van der Waals surface area contributed by atoms with Crippen LogP contribution >= 0.6 is 24.0 Å². The van der Waals surface area contributed by atoms with Crippen LogP contribution in [-0.2, 0) is 11.2 Å². The van der Waals surface area contributed by atoms with Crippen LogP contribution in [0.5, 0.6) is 0 Å². The van der Waals surface area contributed by atoms with Crippen LogP contribution in [-0.4, -0.2) is 38.8 Å². The number of hydrogen-bond acceptors (Lipinski definition) is 3. The molecule has 1 atom stereocenters. The van der Waals surface area contributed by atoms with Gasteiger partial charge >= 0.3 is 0 Å². The lowest BCUT2D eigenvalue weighted by atomic mass is 9.89. The molecule has 0 aliphatic carbocycles. The quantitative estimate of drug-likeness (QED) is 0.372. The molecule has 0 saturated carbocycles. The van der Waals surface area contributed by atoms with Gasteiger partial charge in [0.2, 0.25) is 0 Å². The number of rotatable bonds is 8. The fourth-order valence-corrected chi connectivity index (χ4v) is 2.05. The molecule has 1 aromatic rings. The van der Waals surface area contributed by atoms with Crippen LogP contribution in [0.1, 0.15) is 39.9 Å². The van der Waals surface area contributed by atoms with E-state index in [9.17, 15) is 0 Å². The minimum absolute atomic E-state index is 0. The molecule has 0 aromatic carbocycles. The maximum absolute atomic E-state index is 5.56. The zero-order chi connectivity index (χ0) is 16.4. The van der Waals surface area contributed by atoms with Gasteiger partial charge in [0.1, 0.15) is 5.76 Å². The van der Waals surface area contributed by atoms with Gasteiger partial charge in [0.15, 0.2) is 5.96 Å². The molecule has 2 N–H and O–H groups in total. The smallest absolute Gasteiger partial charge is 0.191 e. The third-order valence-corrected chi connectivity index (χ3v) is 3.45. The van der Waals surface area contributed by atoms with Gasteiger partial charge < -0.3 is 19.8 Å². The van der Waals surface area contributed by atoms with E-state index in [2.05, 4.69) is 43.3 Å². The van der Waals surface area contributed by atoms with Crippen molar-refractivity contribution in [2.75, 3.05) is 26.7 Å². The van der Waals surface area contributed by atoms with Gasteiger partial charge in [-0.25, -0.2) is 0 Å². The first-order chi connectivity index (χ1) is 10.5. The third-order valence-electron chi connectivity index (χ3n) is 3.45. The summed E-state index contributed by atoms with van der Waals surface area (Å²) in [5.74, 6) is 1.81. The Labute approximate surface area is 157 Å².